The van der Waals surface area contributed by atoms with Crippen LogP contribution in [0.2, 0.25) is 5.02 Å². The van der Waals surface area contributed by atoms with E-state index in [1.165, 1.54) is 24.3 Å². The van der Waals surface area contributed by atoms with Crippen molar-refractivity contribution in [3.05, 3.63) is 58.4 Å². The van der Waals surface area contributed by atoms with Crippen molar-refractivity contribution in [2.45, 2.75) is 13.0 Å². The minimum atomic E-state index is -0.378. The molecule has 0 bridgehead atoms. The van der Waals surface area contributed by atoms with Gasteiger partial charge in [-0.1, -0.05) is 11.6 Å². The minimum absolute atomic E-state index is 0.284. The lowest BCUT2D eigenvalue weighted by Gasteiger charge is -2.12. The second kappa shape index (κ2) is 6.87. The molecule has 3 rings (SSSR count). The van der Waals surface area contributed by atoms with E-state index in [4.69, 9.17) is 21.1 Å². The molecule has 0 unspecified atom stereocenters. The molecule has 0 aliphatic carbocycles. The van der Waals surface area contributed by atoms with Crippen LogP contribution in [0.3, 0.4) is 0 Å². The zero-order valence-corrected chi connectivity index (χ0v) is 13.0. The molecule has 0 fully saturated rings. The molecule has 1 heterocycles. The fourth-order valence-corrected chi connectivity index (χ4v) is 2.56. The number of carbonyl (C=O) groups is 1. The molecule has 0 spiro atoms. The third-order valence-corrected chi connectivity index (χ3v) is 3.70. The minimum Gasteiger partial charge on any atom is -0.489 e. The van der Waals surface area contributed by atoms with Crippen molar-refractivity contribution >= 4 is 17.5 Å². The Bertz CT molecular complexity index is 719. The van der Waals surface area contributed by atoms with Crippen LogP contribution in [0, 0.1) is 5.82 Å². The molecule has 0 saturated carbocycles. The van der Waals surface area contributed by atoms with Gasteiger partial charge in [0.1, 0.15) is 5.82 Å². The lowest BCUT2D eigenvalue weighted by molar-refractivity contribution is 0.0951. The van der Waals surface area contributed by atoms with Gasteiger partial charge in [0.2, 0.25) is 0 Å². The summed E-state index contributed by atoms with van der Waals surface area (Å²) in [4.78, 5) is 12.0. The number of hydrogen-bond acceptors (Lipinski definition) is 3. The summed E-state index contributed by atoms with van der Waals surface area (Å²) in [5.41, 5.74) is 1.20. The van der Waals surface area contributed by atoms with Gasteiger partial charge in [-0.25, -0.2) is 4.39 Å². The molecule has 4 nitrogen and oxygen atoms in total. The first-order chi connectivity index (χ1) is 11.1. The zero-order chi connectivity index (χ0) is 16.2. The van der Waals surface area contributed by atoms with E-state index in [9.17, 15) is 9.18 Å². The Balaban J connectivity index is 1.71. The Hall–Kier alpha value is -2.27. The molecule has 2 aromatic carbocycles. The number of fused-ring (bicyclic) bond motifs is 1. The van der Waals surface area contributed by atoms with E-state index in [2.05, 4.69) is 5.32 Å². The Morgan fingerprint density at radius 1 is 1.17 bits per heavy atom. The first-order valence-electron chi connectivity index (χ1n) is 7.25. The molecule has 0 radical (unpaired) electrons. The lowest BCUT2D eigenvalue weighted by atomic mass is 10.1. The monoisotopic (exact) mass is 335 g/mol. The largest absolute Gasteiger partial charge is 0.489 e. The molecule has 0 aromatic heterocycles. The second-order valence-electron chi connectivity index (χ2n) is 5.14. The normalized spacial score (nSPS) is 13.3. The molecule has 0 atom stereocenters. The van der Waals surface area contributed by atoms with Crippen molar-refractivity contribution in [2.75, 3.05) is 13.2 Å². The van der Waals surface area contributed by atoms with Gasteiger partial charge in [-0.2, -0.15) is 0 Å². The maximum atomic E-state index is 12.9. The molecule has 120 valence electrons. The molecular weight excluding hydrogens is 321 g/mol. The molecule has 2 aromatic rings. The summed E-state index contributed by atoms with van der Waals surface area (Å²) in [6.45, 7) is 1.41. The van der Waals surface area contributed by atoms with Crippen molar-refractivity contribution < 1.29 is 18.7 Å². The average Bonchev–Trinajstić information content (AvgIpc) is 2.79. The highest BCUT2D eigenvalue weighted by Gasteiger charge is 2.16. The van der Waals surface area contributed by atoms with E-state index in [-0.39, 0.29) is 18.3 Å². The number of benzene rings is 2. The first-order valence-corrected chi connectivity index (χ1v) is 7.63. The molecule has 1 aliphatic rings. The molecular formula is C17H15ClFNO3. The quantitative estimate of drug-likeness (QED) is 0.932. The number of nitrogens with one attached hydrogen (secondary N) is 1. The highest BCUT2D eigenvalue weighted by atomic mass is 35.5. The smallest absolute Gasteiger partial charge is 0.251 e. The fraction of sp³-hybridized carbons (Fsp3) is 0.235. The highest BCUT2D eigenvalue weighted by molar-refractivity contribution is 6.32. The summed E-state index contributed by atoms with van der Waals surface area (Å²) in [6.07, 6.45) is 0.793. The van der Waals surface area contributed by atoms with E-state index in [1.807, 2.05) is 0 Å². The molecule has 23 heavy (non-hydrogen) atoms. The lowest BCUT2D eigenvalue weighted by Crippen LogP contribution is -2.22. The van der Waals surface area contributed by atoms with E-state index in [1.54, 1.807) is 12.1 Å². The summed E-state index contributed by atoms with van der Waals surface area (Å²) in [7, 11) is 0. The molecule has 0 saturated heterocycles. The molecule has 1 aliphatic heterocycles. The Morgan fingerprint density at radius 2 is 1.91 bits per heavy atom. The summed E-state index contributed by atoms with van der Waals surface area (Å²) >= 11 is 6.21. The average molecular weight is 336 g/mol. The predicted molar refractivity (Wildman–Crippen MR) is 84.6 cm³/mol. The number of hydrogen-bond donors (Lipinski definition) is 1. The van der Waals surface area contributed by atoms with Gasteiger partial charge in [0.05, 0.1) is 18.2 Å². The highest BCUT2D eigenvalue weighted by Crippen LogP contribution is 2.37. The SMILES string of the molecule is O=C(NCc1cc(Cl)c2c(c1)OCCCO2)c1ccc(F)cc1. The van der Waals surface area contributed by atoms with E-state index < -0.39 is 0 Å². The van der Waals surface area contributed by atoms with Crippen LogP contribution in [0.5, 0.6) is 11.5 Å². The van der Waals surface area contributed by atoms with Crippen LogP contribution < -0.4 is 14.8 Å². The van der Waals surface area contributed by atoms with Crippen molar-refractivity contribution in [1.29, 1.82) is 0 Å². The van der Waals surface area contributed by atoms with Crippen molar-refractivity contribution in [1.82, 2.24) is 5.32 Å². The Kier molecular flexibility index (Phi) is 4.67. The number of rotatable bonds is 3. The van der Waals surface area contributed by atoms with E-state index in [0.717, 1.165) is 12.0 Å². The maximum absolute atomic E-state index is 12.9. The van der Waals surface area contributed by atoms with Crippen LogP contribution in [-0.2, 0) is 6.54 Å². The standard InChI is InChI=1S/C17H15ClFNO3/c18-14-8-11(9-15-16(14)23-7-1-6-22-15)10-20-17(21)12-2-4-13(19)5-3-12/h2-5,8-9H,1,6-7,10H2,(H,20,21). The van der Waals surface area contributed by atoms with Crippen molar-refractivity contribution in [2.24, 2.45) is 0 Å². The third-order valence-electron chi connectivity index (χ3n) is 3.42. The van der Waals surface area contributed by atoms with Crippen LogP contribution in [0.4, 0.5) is 4.39 Å². The summed E-state index contributed by atoms with van der Waals surface area (Å²) < 4.78 is 24.0. The number of ether oxygens (including phenoxy) is 2. The van der Waals surface area contributed by atoms with E-state index >= 15 is 0 Å². The fourth-order valence-electron chi connectivity index (χ4n) is 2.27. The molecule has 1 N–H and O–H groups in total. The van der Waals surface area contributed by atoms with Crippen molar-refractivity contribution in [3.63, 3.8) is 0 Å². The van der Waals surface area contributed by atoms with Gasteiger partial charge in [-0.05, 0) is 42.0 Å². The third kappa shape index (κ3) is 3.74. The van der Waals surface area contributed by atoms with Gasteiger partial charge in [-0.3, -0.25) is 4.79 Å². The van der Waals surface area contributed by atoms with Gasteiger partial charge in [0.25, 0.3) is 5.91 Å². The maximum Gasteiger partial charge on any atom is 0.251 e. The van der Waals surface area contributed by atoms with Crippen LogP contribution in [0.1, 0.15) is 22.3 Å². The Morgan fingerprint density at radius 3 is 2.70 bits per heavy atom. The number of carbonyl (C=O) groups excluding carboxylic acids is 1. The van der Waals surface area contributed by atoms with Gasteiger partial charge in [0.15, 0.2) is 11.5 Å². The van der Waals surface area contributed by atoms with E-state index in [0.29, 0.717) is 35.3 Å². The summed E-state index contributed by atoms with van der Waals surface area (Å²) in [5.74, 6) is 0.461. The van der Waals surface area contributed by atoms with Crippen LogP contribution in [0.15, 0.2) is 36.4 Å². The van der Waals surface area contributed by atoms with Crippen molar-refractivity contribution in [3.8, 4) is 11.5 Å². The predicted octanol–water partition coefficient (Wildman–Crippen LogP) is 3.57. The van der Waals surface area contributed by atoms with Crippen LogP contribution >= 0.6 is 11.6 Å². The number of halogens is 2. The number of amides is 1. The molecule has 6 heteroatoms. The molecule has 1 amide bonds. The van der Waals surface area contributed by atoms with Crippen LogP contribution in [-0.4, -0.2) is 19.1 Å². The van der Waals surface area contributed by atoms with Gasteiger partial charge >= 0.3 is 0 Å². The summed E-state index contributed by atoms with van der Waals surface area (Å²) in [5, 5.41) is 3.22. The topological polar surface area (TPSA) is 47.6 Å². The summed E-state index contributed by atoms with van der Waals surface area (Å²) in [6, 6.07) is 8.91. The van der Waals surface area contributed by atoms with Crippen LogP contribution in [0.25, 0.3) is 0 Å². The first kappa shape index (κ1) is 15.6. The van der Waals surface area contributed by atoms with Gasteiger partial charge in [0, 0.05) is 18.5 Å². The van der Waals surface area contributed by atoms with Gasteiger partial charge < -0.3 is 14.8 Å². The second-order valence-corrected chi connectivity index (χ2v) is 5.55. The Labute approximate surface area is 138 Å². The van der Waals surface area contributed by atoms with Gasteiger partial charge in [-0.15, -0.1) is 0 Å². The zero-order valence-electron chi connectivity index (χ0n) is 12.3.